The standard InChI is InChI=1S/C18H18ClNS/c1-12-5-7-16-13(9-12)3-2-4-17(16)18(20)8-6-15-10-14(19)11-21-15/h2-5,7,9-11,18H,6,8,20H2,1H3. The first-order valence-corrected chi connectivity index (χ1v) is 8.37. The Bertz CT molecular complexity index is 763. The number of fused-ring (bicyclic) bond motifs is 1. The highest BCUT2D eigenvalue weighted by atomic mass is 35.5. The van der Waals surface area contributed by atoms with Gasteiger partial charge < -0.3 is 5.73 Å². The van der Waals surface area contributed by atoms with E-state index in [-0.39, 0.29) is 6.04 Å². The molecule has 1 heterocycles. The molecule has 21 heavy (non-hydrogen) atoms. The molecule has 0 saturated carbocycles. The Labute approximate surface area is 134 Å². The maximum Gasteiger partial charge on any atom is 0.0515 e. The first-order chi connectivity index (χ1) is 10.1. The Hall–Kier alpha value is -1.35. The second kappa shape index (κ2) is 6.18. The van der Waals surface area contributed by atoms with Gasteiger partial charge in [-0.15, -0.1) is 11.3 Å². The Kier molecular flexibility index (Phi) is 4.29. The third kappa shape index (κ3) is 3.29. The highest BCUT2D eigenvalue weighted by molar-refractivity contribution is 7.10. The van der Waals surface area contributed by atoms with Gasteiger partial charge in [0.05, 0.1) is 5.02 Å². The molecule has 0 aliphatic heterocycles. The predicted molar refractivity (Wildman–Crippen MR) is 93.3 cm³/mol. The minimum Gasteiger partial charge on any atom is -0.324 e. The molecule has 0 saturated heterocycles. The molecule has 0 spiro atoms. The van der Waals surface area contributed by atoms with E-state index in [9.17, 15) is 0 Å². The summed E-state index contributed by atoms with van der Waals surface area (Å²) >= 11 is 7.67. The number of benzene rings is 2. The molecular formula is C18H18ClNS. The van der Waals surface area contributed by atoms with Gasteiger partial charge in [0.15, 0.2) is 0 Å². The van der Waals surface area contributed by atoms with Crippen molar-refractivity contribution in [3.63, 3.8) is 0 Å². The smallest absolute Gasteiger partial charge is 0.0515 e. The molecule has 2 N–H and O–H groups in total. The summed E-state index contributed by atoms with van der Waals surface area (Å²) in [6.45, 7) is 2.12. The van der Waals surface area contributed by atoms with Crippen LogP contribution in [0.2, 0.25) is 5.02 Å². The minimum absolute atomic E-state index is 0.0530. The zero-order valence-electron chi connectivity index (χ0n) is 12.0. The van der Waals surface area contributed by atoms with Crippen LogP contribution in [0.1, 0.15) is 28.5 Å². The summed E-state index contributed by atoms with van der Waals surface area (Å²) in [5.41, 5.74) is 8.94. The molecule has 0 aliphatic rings. The average Bonchev–Trinajstić information content (AvgIpc) is 2.89. The Morgan fingerprint density at radius 3 is 2.81 bits per heavy atom. The van der Waals surface area contributed by atoms with Crippen molar-refractivity contribution < 1.29 is 0 Å². The average molecular weight is 316 g/mol. The van der Waals surface area contributed by atoms with E-state index in [0.29, 0.717) is 0 Å². The highest BCUT2D eigenvalue weighted by Gasteiger charge is 2.10. The van der Waals surface area contributed by atoms with Gasteiger partial charge in [-0.3, -0.25) is 0 Å². The SMILES string of the molecule is Cc1ccc2c(C(N)CCc3cc(Cl)cs3)cccc2c1. The number of hydrogen-bond acceptors (Lipinski definition) is 2. The summed E-state index contributed by atoms with van der Waals surface area (Å²) < 4.78 is 0. The van der Waals surface area contributed by atoms with Crippen molar-refractivity contribution in [1.29, 1.82) is 0 Å². The molecule has 3 rings (SSSR count). The molecule has 0 amide bonds. The maximum atomic E-state index is 6.43. The van der Waals surface area contributed by atoms with Crippen LogP contribution in [0.4, 0.5) is 0 Å². The van der Waals surface area contributed by atoms with Crippen LogP contribution in [0, 0.1) is 6.92 Å². The van der Waals surface area contributed by atoms with Gasteiger partial charge in [-0.1, -0.05) is 53.6 Å². The van der Waals surface area contributed by atoms with Gasteiger partial charge in [-0.25, -0.2) is 0 Å². The van der Waals surface area contributed by atoms with E-state index >= 15 is 0 Å². The summed E-state index contributed by atoms with van der Waals surface area (Å²) in [5.74, 6) is 0. The lowest BCUT2D eigenvalue weighted by Gasteiger charge is -2.14. The topological polar surface area (TPSA) is 26.0 Å². The third-order valence-corrected chi connectivity index (χ3v) is 5.14. The molecule has 3 heteroatoms. The molecule has 3 aromatic rings. The molecule has 1 atom stereocenters. The maximum absolute atomic E-state index is 6.43. The lowest BCUT2D eigenvalue weighted by Crippen LogP contribution is -2.11. The second-order valence-corrected chi connectivity index (χ2v) is 6.88. The van der Waals surface area contributed by atoms with Crippen molar-refractivity contribution in [2.45, 2.75) is 25.8 Å². The third-order valence-electron chi connectivity index (χ3n) is 3.79. The fourth-order valence-electron chi connectivity index (χ4n) is 2.69. The van der Waals surface area contributed by atoms with Gasteiger partial charge in [0.1, 0.15) is 0 Å². The van der Waals surface area contributed by atoms with Crippen molar-refractivity contribution >= 4 is 33.7 Å². The van der Waals surface area contributed by atoms with E-state index in [4.69, 9.17) is 17.3 Å². The fourth-order valence-corrected chi connectivity index (χ4v) is 3.78. The van der Waals surface area contributed by atoms with Crippen LogP contribution < -0.4 is 5.73 Å². The molecule has 2 aromatic carbocycles. The van der Waals surface area contributed by atoms with E-state index in [0.717, 1.165) is 17.9 Å². The van der Waals surface area contributed by atoms with Crippen LogP contribution in [0.5, 0.6) is 0 Å². The monoisotopic (exact) mass is 315 g/mol. The van der Waals surface area contributed by atoms with Crippen molar-refractivity contribution in [3.05, 3.63) is 68.9 Å². The van der Waals surface area contributed by atoms with Gasteiger partial charge in [-0.05, 0) is 42.2 Å². The number of aryl methyl sites for hydroxylation is 2. The first-order valence-electron chi connectivity index (χ1n) is 7.11. The molecule has 0 bridgehead atoms. The molecule has 1 nitrogen and oxygen atoms in total. The van der Waals surface area contributed by atoms with E-state index in [1.807, 2.05) is 11.4 Å². The van der Waals surface area contributed by atoms with E-state index in [1.165, 1.54) is 26.8 Å². The number of rotatable bonds is 4. The van der Waals surface area contributed by atoms with Crippen LogP contribution in [0.25, 0.3) is 10.8 Å². The van der Waals surface area contributed by atoms with Crippen LogP contribution in [-0.4, -0.2) is 0 Å². The highest BCUT2D eigenvalue weighted by Crippen LogP contribution is 2.28. The van der Waals surface area contributed by atoms with E-state index in [2.05, 4.69) is 43.3 Å². The number of halogens is 1. The number of nitrogens with two attached hydrogens (primary N) is 1. The molecule has 1 unspecified atom stereocenters. The lowest BCUT2D eigenvalue weighted by molar-refractivity contribution is 0.660. The van der Waals surface area contributed by atoms with E-state index < -0.39 is 0 Å². The van der Waals surface area contributed by atoms with Crippen LogP contribution in [0.15, 0.2) is 47.8 Å². The molecular weight excluding hydrogens is 298 g/mol. The van der Waals surface area contributed by atoms with Crippen LogP contribution in [-0.2, 0) is 6.42 Å². The van der Waals surface area contributed by atoms with Gasteiger partial charge in [-0.2, -0.15) is 0 Å². The van der Waals surface area contributed by atoms with E-state index in [1.54, 1.807) is 11.3 Å². The zero-order chi connectivity index (χ0) is 14.8. The largest absolute Gasteiger partial charge is 0.324 e. The molecule has 0 radical (unpaired) electrons. The normalized spacial score (nSPS) is 12.7. The van der Waals surface area contributed by atoms with Crippen molar-refractivity contribution in [2.75, 3.05) is 0 Å². The molecule has 1 aromatic heterocycles. The molecule has 0 fully saturated rings. The zero-order valence-corrected chi connectivity index (χ0v) is 13.5. The summed E-state index contributed by atoms with van der Waals surface area (Å²) in [7, 11) is 0. The number of thiophene rings is 1. The van der Waals surface area contributed by atoms with Gasteiger partial charge in [0, 0.05) is 16.3 Å². The summed E-state index contributed by atoms with van der Waals surface area (Å²) in [6, 6.07) is 15.0. The fraction of sp³-hybridized carbons (Fsp3) is 0.222. The number of hydrogen-bond donors (Lipinski definition) is 1. The quantitative estimate of drug-likeness (QED) is 0.676. The lowest BCUT2D eigenvalue weighted by atomic mass is 9.95. The molecule has 0 aliphatic carbocycles. The Balaban J connectivity index is 1.82. The Morgan fingerprint density at radius 1 is 1.19 bits per heavy atom. The van der Waals surface area contributed by atoms with Crippen molar-refractivity contribution in [2.24, 2.45) is 5.73 Å². The van der Waals surface area contributed by atoms with Gasteiger partial charge in [0.25, 0.3) is 0 Å². The second-order valence-electron chi connectivity index (χ2n) is 5.45. The summed E-state index contributed by atoms with van der Waals surface area (Å²) in [6.07, 6.45) is 1.91. The molecule has 108 valence electrons. The summed E-state index contributed by atoms with van der Waals surface area (Å²) in [4.78, 5) is 1.30. The van der Waals surface area contributed by atoms with Crippen molar-refractivity contribution in [1.82, 2.24) is 0 Å². The minimum atomic E-state index is 0.0530. The van der Waals surface area contributed by atoms with Crippen LogP contribution >= 0.6 is 22.9 Å². The van der Waals surface area contributed by atoms with Crippen molar-refractivity contribution in [3.8, 4) is 0 Å². The van der Waals surface area contributed by atoms with Crippen LogP contribution in [0.3, 0.4) is 0 Å². The summed E-state index contributed by atoms with van der Waals surface area (Å²) in [5, 5.41) is 5.33. The van der Waals surface area contributed by atoms with Gasteiger partial charge in [0.2, 0.25) is 0 Å². The predicted octanol–water partition coefficient (Wildman–Crippen LogP) is 5.50. The Morgan fingerprint density at radius 2 is 2.05 bits per heavy atom. The first kappa shape index (κ1) is 14.6. The van der Waals surface area contributed by atoms with Gasteiger partial charge >= 0.3 is 0 Å².